The molecule has 21 heavy (non-hydrogen) atoms. The molecule has 1 unspecified atom stereocenters. The molecule has 0 saturated heterocycles. The van der Waals surface area contributed by atoms with Gasteiger partial charge in [-0.3, -0.25) is 0 Å². The normalized spacial score (nSPS) is 13.9. The number of rotatable bonds is 4. The summed E-state index contributed by atoms with van der Waals surface area (Å²) in [6, 6.07) is 11.7. The summed E-state index contributed by atoms with van der Waals surface area (Å²) in [7, 11) is 1.60. The van der Waals surface area contributed by atoms with E-state index in [1.54, 1.807) is 7.11 Å². The SMILES string of the molecule is COc1ccc(NC(C)c2ccc3c(c2)OCO3)cc1Cl. The molecule has 0 aliphatic carbocycles. The lowest BCUT2D eigenvalue weighted by Crippen LogP contribution is -2.06. The van der Waals surface area contributed by atoms with Gasteiger partial charge in [0.1, 0.15) is 5.75 Å². The van der Waals surface area contributed by atoms with Gasteiger partial charge >= 0.3 is 0 Å². The number of anilines is 1. The minimum atomic E-state index is 0.115. The number of benzene rings is 2. The van der Waals surface area contributed by atoms with Gasteiger partial charge in [0.25, 0.3) is 0 Å². The van der Waals surface area contributed by atoms with Gasteiger partial charge in [0.2, 0.25) is 6.79 Å². The highest BCUT2D eigenvalue weighted by Gasteiger charge is 2.15. The van der Waals surface area contributed by atoms with Crippen molar-refractivity contribution in [3.63, 3.8) is 0 Å². The van der Waals surface area contributed by atoms with Gasteiger partial charge in [-0.05, 0) is 42.8 Å². The monoisotopic (exact) mass is 305 g/mol. The minimum absolute atomic E-state index is 0.115. The molecule has 1 aliphatic heterocycles. The maximum absolute atomic E-state index is 6.13. The third-order valence-electron chi connectivity index (χ3n) is 3.43. The molecule has 1 atom stereocenters. The van der Waals surface area contributed by atoms with Crippen LogP contribution in [0.3, 0.4) is 0 Å². The van der Waals surface area contributed by atoms with Crippen LogP contribution >= 0.6 is 11.6 Å². The van der Waals surface area contributed by atoms with Crippen LogP contribution in [0.2, 0.25) is 5.02 Å². The summed E-state index contributed by atoms with van der Waals surface area (Å²) >= 11 is 6.13. The topological polar surface area (TPSA) is 39.7 Å². The number of hydrogen-bond acceptors (Lipinski definition) is 4. The molecule has 0 fully saturated rings. The molecule has 0 amide bonds. The first kappa shape index (κ1) is 13.9. The number of nitrogens with one attached hydrogen (secondary N) is 1. The van der Waals surface area contributed by atoms with Crippen molar-refractivity contribution in [2.75, 3.05) is 19.2 Å². The van der Waals surface area contributed by atoms with E-state index in [0.717, 1.165) is 22.7 Å². The van der Waals surface area contributed by atoms with Crippen molar-refractivity contribution >= 4 is 17.3 Å². The Balaban J connectivity index is 1.76. The molecule has 0 radical (unpaired) electrons. The van der Waals surface area contributed by atoms with Crippen LogP contribution in [0.1, 0.15) is 18.5 Å². The van der Waals surface area contributed by atoms with Gasteiger partial charge in [-0.2, -0.15) is 0 Å². The first-order chi connectivity index (χ1) is 10.2. The van der Waals surface area contributed by atoms with Crippen molar-refractivity contribution in [3.05, 3.63) is 47.0 Å². The average Bonchev–Trinajstić information content (AvgIpc) is 2.94. The van der Waals surface area contributed by atoms with Crippen LogP contribution in [0.25, 0.3) is 0 Å². The quantitative estimate of drug-likeness (QED) is 0.916. The van der Waals surface area contributed by atoms with E-state index in [1.807, 2.05) is 36.4 Å². The van der Waals surface area contributed by atoms with Crippen molar-refractivity contribution in [3.8, 4) is 17.2 Å². The summed E-state index contributed by atoms with van der Waals surface area (Å²) in [4.78, 5) is 0. The Morgan fingerprint density at radius 1 is 1.14 bits per heavy atom. The summed E-state index contributed by atoms with van der Waals surface area (Å²) in [5, 5.41) is 3.99. The van der Waals surface area contributed by atoms with Crippen LogP contribution < -0.4 is 19.5 Å². The number of methoxy groups -OCH3 is 1. The van der Waals surface area contributed by atoms with Crippen molar-refractivity contribution in [1.29, 1.82) is 0 Å². The fourth-order valence-corrected chi connectivity index (χ4v) is 2.53. The zero-order chi connectivity index (χ0) is 14.8. The van der Waals surface area contributed by atoms with Crippen LogP contribution in [0, 0.1) is 0 Å². The zero-order valence-corrected chi connectivity index (χ0v) is 12.6. The zero-order valence-electron chi connectivity index (χ0n) is 11.9. The minimum Gasteiger partial charge on any atom is -0.495 e. The van der Waals surface area contributed by atoms with Crippen molar-refractivity contribution < 1.29 is 14.2 Å². The molecular formula is C16H16ClNO3. The van der Waals surface area contributed by atoms with E-state index in [1.165, 1.54) is 0 Å². The second-order valence-electron chi connectivity index (χ2n) is 4.83. The van der Waals surface area contributed by atoms with E-state index in [4.69, 9.17) is 25.8 Å². The predicted octanol–water partition coefficient (Wildman–Crippen LogP) is 4.25. The van der Waals surface area contributed by atoms with Crippen LogP contribution in [0.5, 0.6) is 17.2 Å². The second kappa shape index (κ2) is 5.74. The number of halogens is 1. The predicted molar refractivity (Wildman–Crippen MR) is 82.6 cm³/mol. The van der Waals surface area contributed by atoms with E-state index in [9.17, 15) is 0 Å². The van der Waals surface area contributed by atoms with Gasteiger partial charge in [0.15, 0.2) is 11.5 Å². The smallest absolute Gasteiger partial charge is 0.231 e. The molecule has 1 aliphatic rings. The highest BCUT2D eigenvalue weighted by atomic mass is 35.5. The molecule has 0 bridgehead atoms. The molecule has 0 aromatic heterocycles. The standard InChI is InChI=1S/C16H16ClNO3/c1-10(11-3-5-15-16(7-11)21-9-20-15)18-12-4-6-14(19-2)13(17)8-12/h3-8,10,18H,9H2,1-2H3. The van der Waals surface area contributed by atoms with Crippen LogP contribution in [0.4, 0.5) is 5.69 Å². The number of fused-ring (bicyclic) bond motifs is 1. The summed E-state index contributed by atoms with van der Waals surface area (Å²) in [5.41, 5.74) is 2.05. The van der Waals surface area contributed by atoms with Crippen LogP contribution in [-0.4, -0.2) is 13.9 Å². The molecule has 4 nitrogen and oxygen atoms in total. The van der Waals surface area contributed by atoms with Crippen molar-refractivity contribution in [2.45, 2.75) is 13.0 Å². The number of hydrogen-bond donors (Lipinski definition) is 1. The summed E-state index contributed by atoms with van der Waals surface area (Å²) in [6.45, 7) is 2.37. The molecule has 5 heteroatoms. The third kappa shape index (κ3) is 2.85. The molecule has 1 heterocycles. The first-order valence-corrected chi connectivity index (χ1v) is 7.05. The van der Waals surface area contributed by atoms with E-state index >= 15 is 0 Å². The summed E-state index contributed by atoms with van der Waals surface area (Å²) < 4.78 is 15.9. The highest BCUT2D eigenvalue weighted by molar-refractivity contribution is 6.32. The molecular weight excluding hydrogens is 290 g/mol. The molecule has 2 aromatic rings. The van der Waals surface area contributed by atoms with Gasteiger partial charge in [0, 0.05) is 11.7 Å². The summed E-state index contributed by atoms with van der Waals surface area (Å²) in [6.07, 6.45) is 0. The van der Waals surface area contributed by atoms with E-state index in [2.05, 4.69) is 12.2 Å². The Labute approximate surface area is 128 Å². The van der Waals surface area contributed by atoms with E-state index in [-0.39, 0.29) is 12.8 Å². The van der Waals surface area contributed by atoms with Gasteiger partial charge < -0.3 is 19.5 Å². The van der Waals surface area contributed by atoms with Crippen LogP contribution in [0.15, 0.2) is 36.4 Å². The maximum Gasteiger partial charge on any atom is 0.231 e. The molecule has 3 rings (SSSR count). The highest BCUT2D eigenvalue weighted by Crippen LogP contribution is 2.35. The summed E-state index contributed by atoms with van der Waals surface area (Å²) in [5.74, 6) is 2.24. The number of ether oxygens (including phenoxy) is 3. The lowest BCUT2D eigenvalue weighted by atomic mass is 10.1. The van der Waals surface area contributed by atoms with Crippen molar-refractivity contribution in [2.24, 2.45) is 0 Å². The van der Waals surface area contributed by atoms with Crippen LogP contribution in [-0.2, 0) is 0 Å². The fourth-order valence-electron chi connectivity index (χ4n) is 2.27. The van der Waals surface area contributed by atoms with E-state index < -0.39 is 0 Å². The Kier molecular flexibility index (Phi) is 3.80. The molecule has 110 valence electrons. The third-order valence-corrected chi connectivity index (χ3v) is 3.73. The second-order valence-corrected chi connectivity index (χ2v) is 5.24. The molecule has 0 saturated carbocycles. The Morgan fingerprint density at radius 3 is 2.71 bits per heavy atom. The fraction of sp³-hybridized carbons (Fsp3) is 0.250. The van der Waals surface area contributed by atoms with Gasteiger partial charge in [0.05, 0.1) is 12.1 Å². The molecule has 2 aromatic carbocycles. The largest absolute Gasteiger partial charge is 0.495 e. The average molecular weight is 306 g/mol. The molecule has 0 spiro atoms. The van der Waals surface area contributed by atoms with Gasteiger partial charge in [-0.1, -0.05) is 17.7 Å². The van der Waals surface area contributed by atoms with Gasteiger partial charge in [-0.15, -0.1) is 0 Å². The Bertz CT molecular complexity index is 660. The Hall–Kier alpha value is -2.07. The van der Waals surface area contributed by atoms with Crippen molar-refractivity contribution in [1.82, 2.24) is 0 Å². The molecule has 1 N–H and O–H groups in total. The van der Waals surface area contributed by atoms with E-state index in [0.29, 0.717) is 10.8 Å². The lowest BCUT2D eigenvalue weighted by molar-refractivity contribution is 0.174. The maximum atomic E-state index is 6.13. The first-order valence-electron chi connectivity index (χ1n) is 6.67. The lowest BCUT2D eigenvalue weighted by Gasteiger charge is -2.17. The van der Waals surface area contributed by atoms with Gasteiger partial charge in [-0.25, -0.2) is 0 Å². The Morgan fingerprint density at radius 2 is 1.95 bits per heavy atom.